The third-order valence-corrected chi connectivity index (χ3v) is 5.28. The molecule has 0 aromatic heterocycles. The van der Waals surface area contributed by atoms with E-state index in [1.807, 2.05) is 0 Å². The first-order valence-corrected chi connectivity index (χ1v) is 7.99. The van der Waals surface area contributed by atoms with Gasteiger partial charge in [0.2, 0.25) is 0 Å². The monoisotopic (exact) mass is 252 g/mol. The molecule has 0 bridgehead atoms. The van der Waals surface area contributed by atoms with Crippen LogP contribution < -0.4 is 0 Å². The van der Waals surface area contributed by atoms with Gasteiger partial charge in [-0.2, -0.15) is 0 Å². The van der Waals surface area contributed by atoms with Gasteiger partial charge in [-0.1, -0.05) is 6.42 Å². The van der Waals surface area contributed by atoms with Gasteiger partial charge in [0.25, 0.3) is 0 Å². The lowest BCUT2D eigenvalue weighted by atomic mass is 9.92. The quantitative estimate of drug-likeness (QED) is 0.812. The first kappa shape index (κ1) is 12.9. The Hall–Kier alpha value is -0.120. The molecule has 3 aliphatic rings. The molecule has 3 rings (SSSR count). The van der Waals surface area contributed by atoms with Gasteiger partial charge in [0.15, 0.2) is 0 Å². The molecule has 1 unspecified atom stereocenters. The first-order chi connectivity index (χ1) is 8.83. The third kappa shape index (κ3) is 2.89. The largest absolute Gasteiger partial charge is 0.393 e. The van der Waals surface area contributed by atoms with Crippen LogP contribution in [0.3, 0.4) is 0 Å². The Morgan fingerprint density at radius 3 is 2.11 bits per heavy atom. The Bertz CT molecular complexity index is 257. The van der Waals surface area contributed by atoms with Crippen LogP contribution in [0, 0.1) is 0 Å². The van der Waals surface area contributed by atoms with Crippen LogP contribution in [0.2, 0.25) is 0 Å². The van der Waals surface area contributed by atoms with Crippen LogP contribution in [-0.2, 0) is 0 Å². The smallest absolute Gasteiger partial charge is 0.0541 e. The molecule has 1 atom stereocenters. The SMILES string of the molecule is OC1CCC(N2CCC(N3CCCCC3)C2)CC1. The summed E-state index contributed by atoms with van der Waals surface area (Å²) in [4.78, 5) is 5.45. The maximum Gasteiger partial charge on any atom is 0.0541 e. The predicted octanol–water partition coefficient (Wildman–Crippen LogP) is 1.85. The number of aliphatic hydroxyl groups excluding tert-OH is 1. The molecule has 3 nitrogen and oxygen atoms in total. The second-order valence-electron chi connectivity index (χ2n) is 6.50. The van der Waals surface area contributed by atoms with Crippen molar-refractivity contribution in [3.8, 4) is 0 Å². The van der Waals surface area contributed by atoms with E-state index in [9.17, 15) is 5.11 Å². The number of rotatable bonds is 2. The fraction of sp³-hybridized carbons (Fsp3) is 1.00. The van der Waals surface area contributed by atoms with Crippen LogP contribution in [0.25, 0.3) is 0 Å². The standard InChI is InChI=1S/C15H28N2O/c18-15-6-4-13(5-7-15)17-11-8-14(12-17)16-9-2-1-3-10-16/h13-15,18H,1-12H2. The zero-order valence-electron chi connectivity index (χ0n) is 11.6. The molecule has 0 aromatic carbocycles. The summed E-state index contributed by atoms with van der Waals surface area (Å²) in [7, 11) is 0. The topological polar surface area (TPSA) is 26.7 Å². The average molecular weight is 252 g/mol. The van der Waals surface area contributed by atoms with E-state index in [0.29, 0.717) is 0 Å². The van der Waals surface area contributed by atoms with Gasteiger partial charge >= 0.3 is 0 Å². The summed E-state index contributed by atoms with van der Waals surface area (Å²) in [6.45, 7) is 5.26. The van der Waals surface area contributed by atoms with E-state index in [1.165, 1.54) is 64.7 Å². The zero-order chi connectivity index (χ0) is 12.4. The summed E-state index contributed by atoms with van der Waals surface area (Å²) in [5.41, 5.74) is 0. The van der Waals surface area contributed by atoms with E-state index >= 15 is 0 Å². The summed E-state index contributed by atoms with van der Waals surface area (Å²) in [5, 5.41) is 9.60. The van der Waals surface area contributed by atoms with Crippen molar-refractivity contribution in [1.29, 1.82) is 0 Å². The van der Waals surface area contributed by atoms with Crippen molar-refractivity contribution in [3.63, 3.8) is 0 Å². The third-order valence-electron chi connectivity index (χ3n) is 5.28. The maximum absolute atomic E-state index is 9.60. The summed E-state index contributed by atoms with van der Waals surface area (Å²) in [5.74, 6) is 0. The lowest BCUT2D eigenvalue weighted by Gasteiger charge is -2.35. The van der Waals surface area contributed by atoms with Gasteiger partial charge in [-0.3, -0.25) is 9.80 Å². The van der Waals surface area contributed by atoms with Gasteiger partial charge < -0.3 is 5.11 Å². The highest BCUT2D eigenvalue weighted by molar-refractivity contribution is 4.89. The minimum atomic E-state index is -0.0123. The highest BCUT2D eigenvalue weighted by atomic mass is 16.3. The van der Waals surface area contributed by atoms with E-state index in [-0.39, 0.29) is 6.10 Å². The van der Waals surface area contributed by atoms with E-state index in [0.717, 1.165) is 24.9 Å². The van der Waals surface area contributed by atoms with Crippen molar-refractivity contribution >= 4 is 0 Å². The predicted molar refractivity (Wildman–Crippen MR) is 73.7 cm³/mol. The van der Waals surface area contributed by atoms with Gasteiger partial charge in [0.1, 0.15) is 0 Å². The zero-order valence-corrected chi connectivity index (χ0v) is 11.6. The Kier molecular flexibility index (Phi) is 4.22. The van der Waals surface area contributed by atoms with Crippen molar-refractivity contribution in [3.05, 3.63) is 0 Å². The maximum atomic E-state index is 9.60. The van der Waals surface area contributed by atoms with Crippen LogP contribution in [-0.4, -0.2) is 59.3 Å². The van der Waals surface area contributed by atoms with Crippen LogP contribution in [0.1, 0.15) is 51.4 Å². The molecular weight excluding hydrogens is 224 g/mol. The van der Waals surface area contributed by atoms with Gasteiger partial charge in [-0.05, 0) is 58.0 Å². The van der Waals surface area contributed by atoms with Crippen molar-refractivity contribution in [2.75, 3.05) is 26.2 Å². The van der Waals surface area contributed by atoms with Crippen molar-refractivity contribution in [2.24, 2.45) is 0 Å². The fourth-order valence-electron chi connectivity index (χ4n) is 4.10. The minimum absolute atomic E-state index is 0.0123. The molecule has 2 saturated heterocycles. The second kappa shape index (κ2) is 5.89. The number of likely N-dealkylation sites (tertiary alicyclic amines) is 2. The molecule has 0 amide bonds. The van der Waals surface area contributed by atoms with E-state index in [2.05, 4.69) is 9.80 Å². The summed E-state index contributed by atoms with van der Waals surface area (Å²) >= 11 is 0. The summed E-state index contributed by atoms with van der Waals surface area (Å²) in [6.07, 6.45) is 10.1. The molecule has 0 aromatic rings. The number of hydrogen-bond donors (Lipinski definition) is 1. The molecule has 104 valence electrons. The minimum Gasteiger partial charge on any atom is -0.393 e. The number of hydrogen-bond acceptors (Lipinski definition) is 3. The van der Waals surface area contributed by atoms with Crippen LogP contribution in [0.15, 0.2) is 0 Å². The molecule has 2 aliphatic heterocycles. The molecule has 1 saturated carbocycles. The summed E-state index contributed by atoms with van der Waals surface area (Å²) in [6, 6.07) is 1.60. The Morgan fingerprint density at radius 2 is 1.39 bits per heavy atom. The molecule has 1 aliphatic carbocycles. The van der Waals surface area contributed by atoms with Crippen LogP contribution >= 0.6 is 0 Å². The lowest BCUT2D eigenvalue weighted by molar-refractivity contribution is 0.0780. The summed E-state index contributed by atoms with van der Waals surface area (Å²) < 4.78 is 0. The molecule has 3 fully saturated rings. The highest BCUT2D eigenvalue weighted by Crippen LogP contribution is 2.28. The molecule has 18 heavy (non-hydrogen) atoms. The van der Waals surface area contributed by atoms with E-state index in [4.69, 9.17) is 0 Å². The lowest BCUT2D eigenvalue weighted by Crippen LogP contribution is -2.43. The fourth-order valence-corrected chi connectivity index (χ4v) is 4.10. The normalized spacial score (nSPS) is 40.2. The molecular formula is C15H28N2O. The van der Waals surface area contributed by atoms with Crippen molar-refractivity contribution in [2.45, 2.75) is 69.6 Å². The Labute approximate surface area is 111 Å². The Morgan fingerprint density at radius 1 is 0.667 bits per heavy atom. The van der Waals surface area contributed by atoms with Crippen LogP contribution in [0.5, 0.6) is 0 Å². The molecule has 1 N–H and O–H groups in total. The van der Waals surface area contributed by atoms with E-state index in [1.54, 1.807) is 0 Å². The average Bonchev–Trinajstić information content (AvgIpc) is 2.90. The molecule has 3 heteroatoms. The van der Waals surface area contributed by atoms with Gasteiger partial charge in [0.05, 0.1) is 6.10 Å². The number of piperidine rings is 1. The second-order valence-corrected chi connectivity index (χ2v) is 6.50. The van der Waals surface area contributed by atoms with E-state index < -0.39 is 0 Å². The van der Waals surface area contributed by atoms with Gasteiger partial charge in [0, 0.05) is 25.2 Å². The van der Waals surface area contributed by atoms with Crippen molar-refractivity contribution in [1.82, 2.24) is 9.80 Å². The highest BCUT2D eigenvalue weighted by Gasteiger charge is 2.33. The van der Waals surface area contributed by atoms with Crippen molar-refractivity contribution < 1.29 is 5.11 Å². The number of nitrogens with zero attached hydrogens (tertiary/aromatic N) is 2. The molecule has 2 heterocycles. The Balaban J connectivity index is 1.48. The first-order valence-electron chi connectivity index (χ1n) is 7.99. The van der Waals surface area contributed by atoms with Crippen LogP contribution in [0.4, 0.5) is 0 Å². The molecule has 0 radical (unpaired) electrons. The molecule has 0 spiro atoms. The van der Waals surface area contributed by atoms with Gasteiger partial charge in [-0.15, -0.1) is 0 Å². The number of aliphatic hydroxyl groups is 1. The van der Waals surface area contributed by atoms with Gasteiger partial charge in [-0.25, -0.2) is 0 Å².